The first kappa shape index (κ1) is 13.1. The first-order valence-electron chi connectivity index (χ1n) is 6.82. The normalized spacial score (nSPS) is 16.7. The van der Waals surface area contributed by atoms with Crippen LogP contribution in [0.3, 0.4) is 0 Å². The molecule has 1 aromatic heterocycles. The number of carbonyl (C=O) groups excluding carboxylic acids is 1. The number of hydrogen-bond acceptors (Lipinski definition) is 3. The number of aromatic nitrogens is 2. The van der Waals surface area contributed by atoms with Crippen LogP contribution < -0.4 is 10.6 Å². The van der Waals surface area contributed by atoms with Gasteiger partial charge in [0.2, 0.25) is 5.91 Å². The Bertz CT molecular complexity index is 382. The van der Waals surface area contributed by atoms with Gasteiger partial charge in [0.15, 0.2) is 0 Å². The number of aryl methyl sites for hydroxylation is 1. The molecule has 100 valence electrons. The molecular formula is C13H22N4O. The van der Waals surface area contributed by atoms with Gasteiger partial charge >= 0.3 is 0 Å². The Hall–Kier alpha value is -1.36. The van der Waals surface area contributed by atoms with E-state index in [9.17, 15) is 4.79 Å². The van der Waals surface area contributed by atoms with E-state index in [0.29, 0.717) is 12.3 Å². The minimum Gasteiger partial charge on any atom is -0.317 e. The van der Waals surface area contributed by atoms with Crippen LogP contribution >= 0.6 is 0 Å². The van der Waals surface area contributed by atoms with Crippen molar-refractivity contribution in [2.45, 2.75) is 39.2 Å². The third-order valence-electron chi connectivity index (χ3n) is 3.52. The average molecular weight is 250 g/mol. The zero-order chi connectivity index (χ0) is 12.8. The van der Waals surface area contributed by atoms with Crippen LogP contribution in [0.1, 0.15) is 32.6 Å². The van der Waals surface area contributed by atoms with Gasteiger partial charge in [-0.15, -0.1) is 0 Å². The van der Waals surface area contributed by atoms with Crippen LogP contribution in [0.5, 0.6) is 0 Å². The summed E-state index contributed by atoms with van der Waals surface area (Å²) in [4.78, 5) is 11.9. The maximum atomic E-state index is 11.9. The number of hydrogen-bond donors (Lipinski definition) is 2. The molecule has 0 aliphatic carbocycles. The number of piperidine rings is 1. The molecule has 1 aliphatic heterocycles. The van der Waals surface area contributed by atoms with Crippen molar-refractivity contribution in [1.82, 2.24) is 15.1 Å². The van der Waals surface area contributed by atoms with Crippen molar-refractivity contribution in [1.29, 1.82) is 0 Å². The van der Waals surface area contributed by atoms with Crippen LogP contribution in [0.25, 0.3) is 0 Å². The van der Waals surface area contributed by atoms with Gasteiger partial charge in [-0.3, -0.25) is 4.79 Å². The van der Waals surface area contributed by atoms with E-state index in [1.54, 1.807) is 10.9 Å². The molecule has 5 nitrogen and oxygen atoms in total. The molecule has 2 rings (SSSR count). The molecule has 0 bridgehead atoms. The van der Waals surface area contributed by atoms with E-state index in [-0.39, 0.29) is 5.91 Å². The molecule has 0 spiro atoms. The Morgan fingerprint density at radius 3 is 3.06 bits per heavy atom. The van der Waals surface area contributed by atoms with E-state index in [1.807, 2.05) is 13.0 Å². The zero-order valence-electron chi connectivity index (χ0n) is 11.0. The average Bonchev–Trinajstić information content (AvgIpc) is 2.85. The minimum atomic E-state index is 0.101. The highest BCUT2D eigenvalue weighted by molar-refractivity contribution is 5.89. The molecule has 0 saturated carbocycles. The van der Waals surface area contributed by atoms with E-state index in [0.717, 1.165) is 31.9 Å². The van der Waals surface area contributed by atoms with Crippen molar-refractivity contribution in [2.24, 2.45) is 5.92 Å². The molecule has 1 amide bonds. The second-order valence-corrected chi connectivity index (χ2v) is 4.81. The number of anilines is 1. The molecule has 1 aromatic rings. The molecular weight excluding hydrogens is 228 g/mol. The number of amides is 1. The molecule has 0 unspecified atom stereocenters. The molecule has 1 aliphatic rings. The van der Waals surface area contributed by atoms with Crippen molar-refractivity contribution < 1.29 is 4.79 Å². The molecule has 1 saturated heterocycles. The molecule has 0 radical (unpaired) electrons. The topological polar surface area (TPSA) is 59.0 Å². The van der Waals surface area contributed by atoms with Crippen LogP contribution in [-0.4, -0.2) is 28.8 Å². The van der Waals surface area contributed by atoms with E-state index in [1.165, 1.54) is 12.8 Å². The Balaban J connectivity index is 1.74. The largest absolute Gasteiger partial charge is 0.317 e. The highest BCUT2D eigenvalue weighted by Crippen LogP contribution is 2.18. The van der Waals surface area contributed by atoms with Crippen LogP contribution in [0.15, 0.2) is 12.3 Å². The predicted octanol–water partition coefficient (Wildman–Crippen LogP) is 1.62. The maximum absolute atomic E-state index is 11.9. The van der Waals surface area contributed by atoms with E-state index in [2.05, 4.69) is 15.7 Å². The fraction of sp³-hybridized carbons (Fsp3) is 0.692. The lowest BCUT2D eigenvalue weighted by Gasteiger charge is -2.22. The Labute approximate surface area is 108 Å². The third kappa shape index (κ3) is 3.57. The van der Waals surface area contributed by atoms with Gasteiger partial charge < -0.3 is 10.6 Å². The SMILES string of the molecule is CCn1nccc1NC(=O)CCC1CCNCC1. The quantitative estimate of drug-likeness (QED) is 0.835. The second kappa shape index (κ2) is 6.54. The van der Waals surface area contributed by atoms with Crippen molar-refractivity contribution >= 4 is 11.7 Å². The Morgan fingerprint density at radius 2 is 2.33 bits per heavy atom. The monoisotopic (exact) mass is 250 g/mol. The van der Waals surface area contributed by atoms with Crippen LogP contribution in [-0.2, 0) is 11.3 Å². The summed E-state index contributed by atoms with van der Waals surface area (Å²) in [7, 11) is 0. The summed E-state index contributed by atoms with van der Waals surface area (Å²) in [5.74, 6) is 1.60. The van der Waals surface area contributed by atoms with Gasteiger partial charge in [-0.25, -0.2) is 4.68 Å². The fourth-order valence-corrected chi connectivity index (χ4v) is 2.40. The molecule has 0 atom stereocenters. The number of carbonyl (C=O) groups is 1. The minimum absolute atomic E-state index is 0.101. The molecule has 2 N–H and O–H groups in total. The lowest BCUT2D eigenvalue weighted by Crippen LogP contribution is -2.28. The summed E-state index contributed by atoms with van der Waals surface area (Å²) in [6.07, 6.45) is 5.71. The van der Waals surface area contributed by atoms with Crippen molar-refractivity contribution in [2.75, 3.05) is 18.4 Å². The standard InChI is InChI=1S/C13H22N4O/c1-2-17-12(7-10-15-17)16-13(18)4-3-11-5-8-14-9-6-11/h7,10-11,14H,2-6,8-9H2,1H3,(H,16,18). The van der Waals surface area contributed by atoms with Crippen molar-refractivity contribution in [3.05, 3.63) is 12.3 Å². The highest BCUT2D eigenvalue weighted by atomic mass is 16.1. The molecule has 0 aromatic carbocycles. The number of rotatable bonds is 5. The van der Waals surface area contributed by atoms with Gasteiger partial charge in [0.25, 0.3) is 0 Å². The third-order valence-corrected chi connectivity index (χ3v) is 3.52. The van der Waals surface area contributed by atoms with Gasteiger partial charge in [-0.05, 0) is 45.2 Å². The van der Waals surface area contributed by atoms with Crippen LogP contribution in [0.2, 0.25) is 0 Å². The molecule has 18 heavy (non-hydrogen) atoms. The molecule has 2 heterocycles. The smallest absolute Gasteiger partial charge is 0.225 e. The van der Waals surface area contributed by atoms with E-state index < -0.39 is 0 Å². The number of nitrogens with one attached hydrogen (secondary N) is 2. The predicted molar refractivity (Wildman–Crippen MR) is 71.4 cm³/mol. The summed E-state index contributed by atoms with van der Waals surface area (Å²) >= 11 is 0. The first-order chi connectivity index (χ1) is 8.79. The maximum Gasteiger partial charge on any atom is 0.225 e. The van der Waals surface area contributed by atoms with E-state index >= 15 is 0 Å². The highest BCUT2D eigenvalue weighted by Gasteiger charge is 2.15. The van der Waals surface area contributed by atoms with Crippen molar-refractivity contribution in [3.8, 4) is 0 Å². The summed E-state index contributed by atoms with van der Waals surface area (Å²) in [5.41, 5.74) is 0. The summed E-state index contributed by atoms with van der Waals surface area (Å²) in [6, 6.07) is 1.84. The molecule has 5 heteroatoms. The summed E-state index contributed by atoms with van der Waals surface area (Å²) < 4.78 is 1.79. The lowest BCUT2D eigenvalue weighted by molar-refractivity contribution is -0.116. The van der Waals surface area contributed by atoms with Crippen molar-refractivity contribution in [3.63, 3.8) is 0 Å². The Kier molecular flexibility index (Phi) is 4.75. The van der Waals surface area contributed by atoms with Gasteiger partial charge in [-0.1, -0.05) is 0 Å². The summed E-state index contributed by atoms with van der Waals surface area (Å²) in [6.45, 7) is 4.97. The number of nitrogens with zero attached hydrogens (tertiary/aromatic N) is 2. The molecule has 1 fully saturated rings. The van der Waals surface area contributed by atoms with Gasteiger partial charge in [0, 0.05) is 19.0 Å². The summed E-state index contributed by atoms with van der Waals surface area (Å²) in [5, 5.41) is 10.4. The second-order valence-electron chi connectivity index (χ2n) is 4.81. The lowest BCUT2D eigenvalue weighted by atomic mass is 9.93. The van der Waals surface area contributed by atoms with E-state index in [4.69, 9.17) is 0 Å². The van der Waals surface area contributed by atoms with Gasteiger partial charge in [0.05, 0.1) is 6.20 Å². The first-order valence-corrected chi connectivity index (χ1v) is 6.82. The Morgan fingerprint density at radius 1 is 1.56 bits per heavy atom. The van der Waals surface area contributed by atoms with Gasteiger partial charge in [-0.2, -0.15) is 5.10 Å². The van der Waals surface area contributed by atoms with Gasteiger partial charge in [0.1, 0.15) is 5.82 Å². The van der Waals surface area contributed by atoms with Crippen LogP contribution in [0.4, 0.5) is 5.82 Å². The zero-order valence-corrected chi connectivity index (χ0v) is 11.0. The fourth-order valence-electron chi connectivity index (χ4n) is 2.40. The van der Waals surface area contributed by atoms with Crippen LogP contribution in [0, 0.1) is 5.92 Å².